The summed E-state index contributed by atoms with van der Waals surface area (Å²) in [6.45, 7) is 0.507. The molecule has 0 saturated carbocycles. The maximum absolute atomic E-state index is 12.9. The van der Waals surface area contributed by atoms with Crippen LogP contribution >= 0.6 is 34.8 Å². The predicted octanol–water partition coefficient (Wildman–Crippen LogP) is 4.83. The molecule has 3 rings (SSSR count). The molecule has 1 heterocycles. The van der Waals surface area contributed by atoms with Gasteiger partial charge in [0.2, 0.25) is 15.9 Å². The van der Waals surface area contributed by atoms with Gasteiger partial charge in [-0.3, -0.25) is 4.79 Å². The van der Waals surface area contributed by atoms with E-state index in [1.807, 2.05) is 0 Å². The summed E-state index contributed by atoms with van der Waals surface area (Å²) >= 11 is 18.1. The Bertz CT molecular complexity index is 982. The average molecular weight is 462 g/mol. The van der Waals surface area contributed by atoms with Crippen LogP contribution in [0.3, 0.4) is 0 Å². The zero-order valence-corrected chi connectivity index (χ0v) is 18.0. The Balaban J connectivity index is 1.69. The lowest BCUT2D eigenvalue weighted by Crippen LogP contribution is -2.44. The molecule has 9 heteroatoms. The number of carbonyl (C=O) groups excluding carboxylic acids is 1. The van der Waals surface area contributed by atoms with Crippen molar-refractivity contribution in [1.82, 2.24) is 4.31 Å². The summed E-state index contributed by atoms with van der Waals surface area (Å²) in [5.41, 5.74) is 0.996. The topological polar surface area (TPSA) is 66.5 Å². The van der Waals surface area contributed by atoms with Crippen LogP contribution < -0.4 is 5.32 Å². The third-order valence-corrected chi connectivity index (χ3v) is 7.34. The van der Waals surface area contributed by atoms with Crippen LogP contribution in [0.5, 0.6) is 0 Å². The fraction of sp³-hybridized carbons (Fsp3) is 0.316. The van der Waals surface area contributed by atoms with Gasteiger partial charge in [-0.1, -0.05) is 53.0 Å². The van der Waals surface area contributed by atoms with Gasteiger partial charge in [-0.05, 0) is 42.7 Å². The van der Waals surface area contributed by atoms with Crippen LogP contribution in [0.2, 0.25) is 15.1 Å². The number of hydrogen-bond donors (Lipinski definition) is 1. The lowest BCUT2D eigenvalue weighted by atomic mass is 9.99. The Kier molecular flexibility index (Phi) is 6.89. The molecule has 2 aromatic rings. The van der Waals surface area contributed by atoms with E-state index in [0.29, 0.717) is 45.7 Å². The minimum absolute atomic E-state index is 0.129. The van der Waals surface area contributed by atoms with Crippen molar-refractivity contribution in [3.8, 4) is 0 Å². The Morgan fingerprint density at radius 1 is 1.11 bits per heavy atom. The number of carbonyl (C=O) groups is 1. The second-order valence-corrected chi connectivity index (χ2v) is 9.88. The van der Waals surface area contributed by atoms with E-state index < -0.39 is 15.9 Å². The molecule has 1 amide bonds. The van der Waals surface area contributed by atoms with Gasteiger partial charge in [0.15, 0.2) is 0 Å². The molecular weight excluding hydrogens is 443 g/mol. The minimum Gasteiger partial charge on any atom is -0.324 e. The smallest absolute Gasteiger partial charge is 0.228 e. The number of benzene rings is 2. The molecular formula is C19H19Cl3N2O3S. The highest BCUT2D eigenvalue weighted by Gasteiger charge is 2.33. The number of anilines is 1. The molecule has 0 radical (unpaired) electrons. The third-order valence-electron chi connectivity index (χ3n) is 4.63. The number of hydrogen-bond acceptors (Lipinski definition) is 3. The molecule has 5 nitrogen and oxygen atoms in total. The van der Waals surface area contributed by atoms with E-state index in [1.165, 1.54) is 10.4 Å². The zero-order valence-electron chi connectivity index (χ0n) is 14.9. The van der Waals surface area contributed by atoms with Gasteiger partial charge in [-0.15, -0.1) is 0 Å². The van der Waals surface area contributed by atoms with Gasteiger partial charge in [0.25, 0.3) is 0 Å². The molecule has 1 aliphatic heterocycles. The third kappa shape index (κ3) is 5.19. The molecule has 0 bridgehead atoms. The first-order valence-corrected chi connectivity index (χ1v) is 11.5. The van der Waals surface area contributed by atoms with Crippen LogP contribution in [0.15, 0.2) is 42.5 Å². The summed E-state index contributed by atoms with van der Waals surface area (Å²) in [6.07, 6.45) is 1.22. The van der Waals surface area contributed by atoms with E-state index in [9.17, 15) is 13.2 Å². The number of para-hydroxylation sites is 1. The van der Waals surface area contributed by atoms with E-state index in [1.54, 1.807) is 36.4 Å². The molecule has 1 unspecified atom stereocenters. The van der Waals surface area contributed by atoms with Gasteiger partial charge in [-0.2, -0.15) is 0 Å². The highest BCUT2D eigenvalue weighted by atomic mass is 35.5. The van der Waals surface area contributed by atoms with Crippen molar-refractivity contribution in [1.29, 1.82) is 0 Å². The largest absolute Gasteiger partial charge is 0.324 e. The molecule has 2 aromatic carbocycles. The predicted molar refractivity (Wildman–Crippen MR) is 113 cm³/mol. The number of nitrogens with one attached hydrogen (secondary N) is 1. The van der Waals surface area contributed by atoms with E-state index >= 15 is 0 Å². The van der Waals surface area contributed by atoms with Crippen molar-refractivity contribution < 1.29 is 13.2 Å². The molecule has 0 aliphatic carbocycles. The van der Waals surface area contributed by atoms with Crippen molar-refractivity contribution in [2.24, 2.45) is 5.92 Å². The Labute approximate surface area is 179 Å². The monoisotopic (exact) mass is 460 g/mol. The van der Waals surface area contributed by atoms with Gasteiger partial charge in [0.1, 0.15) is 0 Å². The van der Waals surface area contributed by atoms with Crippen LogP contribution in [0.1, 0.15) is 18.4 Å². The zero-order chi connectivity index (χ0) is 20.3. The van der Waals surface area contributed by atoms with Crippen LogP contribution in [-0.2, 0) is 20.6 Å². The summed E-state index contributed by atoms with van der Waals surface area (Å²) < 4.78 is 27.1. The standard InChI is InChI=1S/C19H19Cl3N2O3S/c20-15-8-7-14(17(22)10-15)12-28(26,27)24-9-3-4-13(11-24)19(25)23-18-6-2-1-5-16(18)21/h1-2,5-8,10,13H,3-4,9,11-12H2,(H,23,25). The number of piperidine rings is 1. The number of halogens is 3. The maximum atomic E-state index is 12.9. The van der Waals surface area contributed by atoms with Crippen molar-refractivity contribution in [3.63, 3.8) is 0 Å². The summed E-state index contributed by atoms with van der Waals surface area (Å²) in [4.78, 5) is 12.6. The van der Waals surface area contributed by atoms with Crippen molar-refractivity contribution >= 4 is 56.4 Å². The molecule has 1 atom stereocenters. The number of nitrogens with zero attached hydrogens (tertiary/aromatic N) is 1. The summed E-state index contributed by atoms with van der Waals surface area (Å²) in [5.74, 6) is -0.917. The fourth-order valence-electron chi connectivity index (χ4n) is 3.13. The van der Waals surface area contributed by atoms with Gasteiger partial charge in [-0.25, -0.2) is 12.7 Å². The van der Waals surface area contributed by atoms with Crippen molar-refractivity contribution in [2.75, 3.05) is 18.4 Å². The molecule has 150 valence electrons. The lowest BCUT2D eigenvalue weighted by Gasteiger charge is -2.31. The highest BCUT2D eigenvalue weighted by Crippen LogP contribution is 2.27. The number of amides is 1. The molecule has 28 heavy (non-hydrogen) atoms. The number of sulfonamides is 1. The molecule has 1 saturated heterocycles. The van der Waals surface area contributed by atoms with Crippen molar-refractivity contribution in [2.45, 2.75) is 18.6 Å². The summed E-state index contributed by atoms with van der Waals surface area (Å²) in [6, 6.07) is 11.7. The second kappa shape index (κ2) is 9.01. The Hall–Kier alpha value is -1.31. The molecule has 1 aliphatic rings. The van der Waals surface area contributed by atoms with Crippen LogP contribution in [-0.4, -0.2) is 31.7 Å². The van der Waals surface area contributed by atoms with Crippen molar-refractivity contribution in [3.05, 3.63) is 63.1 Å². The molecule has 1 fully saturated rings. The Morgan fingerprint density at radius 2 is 1.86 bits per heavy atom. The first kappa shape index (κ1) is 21.4. The average Bonchev–Trinajstić information content (AvgIpc) is 2.66. The van der Waals surface area contributed by atoms with E-state index in [0.717, 1.165) is 0 Å². The van der Waals surface area contributed by atoms with Gasteiger partial charge >= 0.3 is 0 Å². The minimum atomic E-state index is -3.62. The summed E-state index contributed by atoms with van der Waals surface area (Å²) in [5, 5.41) is 3.98. The fourth-order valence-corrected chi connectivity index (χ4v) is 5.51. The van der Waals surface area contributed by atoms with Gasteiger partial charge < -0.3 is 5.32 Å². The quantitative estimate of drug-likeness (QED) is 0.693. The van der Waals surface area contributed by atoms with Crippen LogP contribution in [0.4, 0.5) is 5.69 Å². The molecule has 1 N–H and O–H groups in total. The highest BCUT2D eigenvalue weighted by molar-refractivity contribution is 7.88. The normalized spacial score (nSPS) is 18.0. The van der Waals surface area contributed by atoms with Gasteiger partial charge in [0.05, 0.1) is 22.4 Å². The van der Waals surface area contributed by atoms with Crippen LogP contribution in [0.25, 0.3) is 0 Å². The Morgan fingerprint density at radius 3 is 2.57 bits per heavy atom. The summed E-state index contributed by atoms with van der Waals surface area (Å²) in [7, 11) is -3.62. The SMILES string of the molecule is O=C(Nc1ccccc1Cl)C1CCCN(S(=O)(=O)Cc2ccc(Cl)cc2Cl)C1. The lowest BCUT2D eigenvalue weighted by molar-refractivity contribution is -0.120. The van der Waals surface area contributed by atoms with Gasteiger partial charge in [0, 0.05) is 23.1 Å². The molecule has 0 spiro atoms. The molecule has 0 aromatic heterocycles. The van der Waals surface area contributed by atoms with Crippen LogP contribution in [0, 0.1) is 5.92 Å². The first-order valence-electron chi connectivity index (χ1n) is 8.73. The maximum Gasteiger partial charge on any atom is 0.228 e. The van der Waals surface area contributed by atoms with E-state index in [-0.39, 0.29) is 18.2 Å². The first-order chi connectivity index (χ1) is 13.3. The van der Waals surface area contributed by atoms with E-state index in [4.69, 9.17) is 34.8 Å². The number of rotatable bonds is 5. The van der Waals surface area contributed by atoms with E-state index in [2.05, 4.69) is 5.32 Å². The second-order valence-electron chi connectivity index (χ2n) is 6.66.